The average molecular weight is 461 g/mol. The Morgan fingerprint density at radius 3 is 1.68 bits per heavy atom. The van der Waals surface area contributed by atoms with Gasteiger partial charge in [0.1, 0.15) is 17.5 Å². The number of aromatic nitrogens is 2. The zero-order valence-corrected chi connectivity index (χ0v) is 18.7. The molecule has 34 heavy (non-hydrogen) atoms. The number of allylic oxidation sites excluding steroid dienone is 2. The van der Waals surface area contributed by atoms with Crippen molar-refractivity contribution in [2.45, 2.75) is 19.8 Å². The van der Waals surface area contributed by atoms with Crippen LogP contribution in [0.25, 0.3) is 0 Å². The Balaban J connectivity index is 2.12. The molecule has 3 rings (SSSR count). The number of hydrogen-bond donors (Lipinski definition) is 4. The number of benzene rings is 1. The van der Waals surface area contributed by atoms with E-state index >= 15 is 0 Å². The maximum absolute atomic E-state index is 14.2. The molecule has 3 aromatic rings. The van der Waals surface area contributed by atoms with Crippen LogP contribution >= 0.6 is 0 Å². The van der Waals surface area contributed by atoms with Gasteiger partial charge in [0.05, 0.1) is 0 Å². The molecule has 2 amide bonds. The van der Waals surface area contributed by atoms with Gasteiger partial charge >= 0.3 is 0 Å². The molecule has 2 aromatic heterocycles. The first kappa shape index (κ1) is 24.1. The fourth-order valence-corrected chi connectivity index (χ4v) is 3.48. The monoisotopic (exact) mass is 460 g/mol. The number of halogens is 1. The average Bonchev–Trinajstić information content (AvgIpc) is 2.79. The van der Waals surface area contributed by atoms with E-state index in [9.17, 15) is 14.0 Å². The topological polar surface area (TPSA) is 136 Å². The number of anilines is 2. The van der Waals surface area contributed by atoms with Crippen LogP contribution in [0.4, 0.5) is 16.0 Å². The number of amides is 2. The fraction of sp³-hybridized carbons (Fsp3) is 0.120. The standard InChI is InChI=1S/C25H25FN6O2/c1-15(27)21(24(33)31-19-10-3-5-12-29-19)23(17-8-7-9-18(26)14-17)22(16(2)28)25(34)32-20-11-4-6-13-30-20/h3-14,23H,27-28H2,1-2H3,(H,29,31,33)(H,30,32,34)/b21-15-,22-16-. The quantitative estimate of drug-likeness (QED) is 0.399. The molecule has 2 heterocycles. The smallest absolute Gasteiger partial charge is 0.255 e. The molecule has 0 bridgehead atoms. The third kappa shape index (κ3) is 5.83. The van der Waals surface area contributed by atoms with E-state index < -0.39 is 23.5 Å². The highest BCUT2D eigenvalue weighted by atomic mass is 19.1. The molecule has 0 fully saturated rings. The Bertz CT molecular complexity index is 1160. The molecular formula is C25H25FN6O2. The number of nitrogens with two attached hydrogens (primary N) is 2. The van der Waals surface area contributed by atoms with Crippen molar-refractivity contribution in [3.8, 4) is 0 Å². The van der Waals surface area contributed by atoms with Gasteiger partial charge in [-0.3, -0.25) is 9.59 Å². The maximum Gasteiger partial charge on any atom is 0.255 e. The van der Waals surface area contributed by atoms with E-state index in [2.05, 4.69) is 20.6 Å². The van der Waals surface area contributed by atoms with Crippen LogP contribution in [0.3, 0.4) is 0 Å². The zero-order valence-electron chi connectivity index (χ0n) is 18.7. The second-order valence-corrected chi connectivity index (χ2v) is 7.52. The largest absolute Gasteiger partial charge is 0.402 e. The summed E-state index contributed by atoms with van der Waals surface area (Å²) >= 11 is 0. The van der Waals surface area contributed by atoms with E-state index in [0.717, 1.165) is 0 Å². The minimum atomic E-state index is -1.07. The van der Waals surface area contributed by atoms with Gasteiger partial charge in [-0.15, -0.1) is 0 Å². The first-order valence-corrected chi connectivity index (χ1v) is 10.4. The Labute approximate surface area is 196 Å². The molecule has 6 N–H and O–H groups in total. The number of carbonyl (C=O) groups excluding carboxylic acids is 2. The highest BCUT2D eigenvalue weighted by molar-refractivity contribution is 6.10. The van der Waals surface area contributed by atoms with Gasteiger partial charge in [0.25, 0.3) is 11.8 Å². The maximum atomic E-state index is 14.2. The number of hydrogen-bond acceptors (Lipinski definition) is 6. The lowest BCUT2D eigenvalue weighted by Crippen LogP contribution is -2.30. The Hall–Kier alpha value is -4.53. The van der Waals surface area contributed by atoms with Crippen LogP contribution in [-0.2, 0) is 9.59 Å². The lowest BCUT2D eigenvalue weighted by atomic mass is 9.81. The van der Waals surface area contributed by atoms with Gasteiger partial charge < -0.3 is 22.1 Å². The van der Waals surface area contributed by atoms with Crippen molar-refractivity contribution < 1.29 is 14.0 Å². The molecule has 1 aromatic carbocycles. The second kappa shape index (κ2) is 10.9. The molecule has 0 aliphatic heterocycles. The summed E-state index contributed by atoms with van der Waals surface area (Å²) in [6.45, 7) is 3.06. The first-order valence-electron chi connectivity index (χ1n) is 10.4. The van der Waals surface area contributed by atoms with Crippen molar-refractivity contribution in [2.24, 2.45) is 11.5 Å². The van der Waals surface area contributed by atoms with Crippen LogP contribution in [-0.4, -0.2) is 21.8 Å². The van der Waals surface area contributed by atoms with Gasteiger partial charge in [0, 0.05) is 40.9 Å². The summed E-state index contributed by atoms with van der Waals surface area (Å²) < 4.78 is 14.2. The van der Waals surface area contributed by atoms with E-state index in [-0.39, 0.29) is 34.2 Å². The van der Waals surface area contributed by atoms with Gasteiger partial charge in [0.2, 0.25) is 0 Å². The van der Waals surface area contributed by atoms with Gasteiger partial charge in [0.15, 0.2) is 0 Å². The highest BCUT2D eigenvalue weighted by Gasteiger charge is 2.33. The van der Waals surface area contributed by atoms with Crippen LogP contribution in [0.5, 0.6) is 0 Å². The van der Waals surface area contributed by atoms with E-state index in [1.807, 2.05) is 0 Å². The molecule has 0 aliphatic rings. The number of nitrogens with one attached hydrogen (secondary N) is 2. The first-order chi connectivity index (χ1) is 16.3. The Morgan fingerprint density at radius 2 is 1.29 bits per heavy atom. The van der Waals surface area contributed by atoms with Gasteiger partial charge in [-0.05, 0) is 55.8 Å². The van der Waals surface area contributed by atoms with Gasteiger partial charge in [-0.1, -0.05) is 24.3 Å². The van der Waals surface area contributed by atoms with Crippen LogP contribution in [0.15, 0.2) is 95.6 Å². The summed E-state index contributed by atoms with van der Waals surface area (Å²) in [4.78, 5) is 34.9. The van der Waals surface area contributed by atoms with Crippen molar-refractivity contribution >= 4 is 23.5 Å². The zero-order chi connectivity index (χ0) is 24.7. The van der Waals surface area contributed by atoms with E-state index in [4.69, 9.17) is 11.5 Å². The van der Waals surface area contributed by atoms with Crippen LogP contribution in [0.1, 0.15) is 25.3 Å². The molecule has 174 valence electrons. The number of rotatable bonds is 7. The third-order valence-corrected chi connectivity index (χ3v) is 4.91. The van der Waals surface area contributed by atoms with Crippen molar-refractivity contribution in [3.05, 3.63) is 107 Å². The van der Waals surface area contributed by atoms with Crippen molar-refractivity contribution in [1.29, 1.82) is 0 Å². The summed E-state index contributed by atoms with van der Waals surface area (Å²) in [6, 6.07) is 15.6. The minimum Gasteiger partial charge on any atom is -0.402 e. The lowest BCUT2D eigenvalue weighted by Gasteiger charge is -2.25. The van der Waals surface area contributed by atoms with Crippen molar-refractivity contribution in [2.75, 3.05) is 10.6 Å². The summed E-state index contributed by atoms with van der Waals surface area (Å²) in [5.74, 6) is -2.23. The van der Waals surface area contributed by atoms with Crippen LogP contribution in [0, 0.1) is 5.82 Å². The minimum absolute atomic E-state index is 0.0345. The SMILES string of the molecule is C/C(N)=C(/C(=O)Nc1ccccn1)C(/C(C(=O)Nc1ccccn1)=C(\C)N)c1cccc(F)c1. The number of carbonyl (C=O) groups is 2. The van der Waals surface area contributed by atoms with Crippen LogP contribution < -0.4 is 22.1 Å². The van der Waals surface area contributed by atoms with Crippen LogP contribution in [0.2, 0.25) is 0 Å². The number of nitrogens with zero attached hydrogens (tertiary/aromatic N) is 2. The molecular weight excluding hydrogens is 435 g/mol. The van der Waals surface area contributed by atoms with Gasteiger partial charge in [-0.25, -0.2) is 14.4 Å². The fourth-order valence-electron chi connectivity index (χ4n) is 3.48. The molecule has 0 saturated carbocycles. The molecule has 8 nitrogen and oxygen atoms in total. The highest BCUT2D eigenvalue weighted by Crippen LogP contribution is 2.36. The normalized spacial score (nSPS) is 13.3. The van der Waals surface area contributed by atoms with Crippen molar-refractivity contribution in [3.63, 3.8) is 0 Å². The third-order valence-electron chi connectivity index (χ3n) is 4.91. The predicted octanol–water partition coefficient (Wildman–Crippen LogP) is 3.44. The van der Waals surface area contributed by atoms with E-state index in [0.29, 0.717) is 5.56 Å². The molecule has 0 atom stereocenters. The Morgan fingerprint density at radius 1 is 0.794 bits per heavy atom. The van der Waals surface area contributed by atoms with Gasteiger partial charge in [-0.2, -0.15) is 0 Å². The second-order valence-electron chi connectivity index (χ2n) is 7.52. The van der Waals surface area contributed by atoms with E-state index in [1.165, 1.54) is 44.4 Å². The lowest BCUT2D eigenvalue weighted by molar-refractivity contribution is -0.113. The summed E-state index contributed by atoms with van der Waals surface area (Å²) in [7, 11) is 0. The molecule has 0 unspecified atom stereocenters. The van der Waals surface area contributed by atoms with Crippen molar-refractivity contribution in [1.82, 2.24) is 9.97 Å². The van der Waals surface area contributed by atoms with E-state index in [1.54, 1.807) is 42.5 Å². The summed E-state index contributed by atoms with van der Waals surface area (Å²) in [6.07, 6.45) is 3.04. The molecule has 9 heteroatoms. The molecule has 0 aliphatic carbocycles. The Kier molecular flexibility index (Phi) is 7.71. The molecule has 0 spiro atoms. The predicted molar refractivity (Wildman–Crippen MR) is 129 cm³/mol. The molecule has 0 radical (unpaired) electrons. The molecule has 0 saturated heterocycles. The number of pyridine rings is 2. The summed E-state index contributed by atoms with van der Waals surface area (Å²) in [5.41, 5.74) is 13.0. The summed E-state index contributed by atoms with van der Waals surface area (Å²) in [5, 5.41) is 5.36.